The fraction of sp³-hybridized carbons (Fsp3) is 0.0455. The zero-order valence-electron chi connectivity index (χ0n) is 16.4. The topological polar surface area (TPSA) is 94.4 Å². The predicted molar refractivity (Wildman–Crippen MR) is 118 cm³/mol. The van der Waals surface area contributed by atoms with Crippen molar-refractivity contribution in [2.75, 3.05) is 7.11 Å². The minimum atomic E-state index is -0.523. The van der Waals surface area contributed by atoms with E-state index in [1.807, 2.05) is 30.3 Å². The third kappa shape index (κ3) is 4.57. The summed E-state index contributed by atoms with van der Waals surface area (Å²) in [6.07, 6.45) is 4.64. The molecule has 0 bridgehead atoms. The molecule has 0 aliphatic rings. The summed E-state index contributed by atoms with van der Waals surface area (Å²) in [7, 11) is 1.50. The van der Waals surface area contributed by atoms with E-state index in [1.54, 1.807) is 42.7 Å². The number of ether oxygens (including phenoxy) is 2. The molecule has 0 fully saturated rings. The van der Waals surface area contributed by atoms with E-state index in [2.05, 4.69) is 20.3 Å². The number of pyridine rings is 1. The van der Waals surface area contributed by atoms with E-state index in [0.717, 1.165) is 11.1 Å². The molecule has 0 saturated heterocycles. The number of aromatic nitrogens is 4. The Morgan fingerprint density at radius 2 is 1.97 bits per heavy atom. The molecule has 0 saturated carbocycles. The van der Waals surface area contributed by atoms with Gasteiger partial charge in [-0.3, -0.25) is 4.98 Å². The molecule has 0 amide bonds. The summed E-state index contributed by atoms with van der Waals surface area (Å²) in [6, 6.07) is 18.0. The van der Waals surface area contributed by atoms with Crippen molar-refractivity contribution in [3.05, 3.63) is 89.0 Å². The Morgan fingerprint density at radius 1 is 1.13 bits per heavy atom. The molecular formula is C22H17N5O3S. The normalized spacial score (nSPS) is 10.9. The number of benzene rings is 2. The van der Waals surface area contributed by atoms with Crippen LogP contribution in [0.25, 0.3) is 11.4 Å². The van der Waals surface area contributed by atoms with Crippen LogP contribution in [-0.4, -0.2) is 39.2 Å². The molecule has 0 aliphatic carbocycles. The first kappa shape index (κ1) is 20.2. The SMILES string of the molecule is COc1cc(/C=N/n2c(-c3ccccc3)n[nH]c2=S)ccc1OC(=O)c1cccnc1. The lowest BCUT2D eigenvalue weighted by atomic mass is 10.2. The van der Waals surface area contributed by atoms with E-state index in [4.69, 9.17) is 21.7 Å². The lowest BCUT2D eigenvalue weighted by Gasteiger charge is -2.09. The number of esters is 1. The minimum absolute atomic E-state index is 0.290. The number of carbonyl (C=O) groups is 1. The molecule has 9 heteroatoms. The van der Waals surface area contributed by atoms with Crippen molar-refractivity contribution in [1.29, 1.82) is 0 Å². The number of nitrogens with one attached hydrogen (secondary N) is 1. The first-order chi connectivity index (χ1) is 15.2. The summed E-state index contributed by atoms with van der Waals surface area (Å²) in [5.74, 6) is 0.750. The Hall–Kier alpha value is -4.11. The summed E-state index contributed by atoms with van der Waals surface area (Å²) in [4.78, 5) is 16.2. The maximum atomic E-state index is 12.3. The van der Waals surface area contributed by atoms with Crippen molar-refractivity contribution < 1.29 is 14.3 Å². The molecule has 8 nitrogen and oxygen atoms in total. The van der Waals surface area contributed by atoms with Gasteiger partial charge < -0.3 is 9.47 Å². The summed E-state index contributed by atoms with van der Waals surface area (Å²) >= 11 is 5.30. The first-order valence-electron chi connectivity index (χ1n) is 9.23. The third-order valence-corrected chi connectivity index (χ3v) is 4.56. The van der Waals surface area contributed by atoms with Gasteiger partial charge >= 0.3 is 5.97 Å². The van der Waals surface area contributed by atoms with Crippen molar-refractivity contribution in [3.63, 3.8) is 0 Å². The van der Waals surface area contributed by atoms with Crippen LogP contribution in [0.2, 0.25) is 0 Å². The average molecular weight is 431 g/mol. The van der Waals surface area contributed by atoms with Gasteiger partial charge in [-0.1, -0.05) is 30.3 Å². The van der Waals surface area contributed by atoms with Crippen LogP contribution in [0.3, 0.4) is 0 Å². The summed E-state index contributed by atoms with van der Waals surface area (Å²) in [5, 5.41) is 11.5. The molecule has 0 aliphatic heterocycles. The predicted octanol–water partition coefficient (Wildman–Crippen LogP) is 4.11. The van der Waals surface area contributed by atoms with E-state index in [1.165, 1.54) is 18.0 Å². The fourth-order valence-electron chi connectivity index (χ4n) is 2.79. The number of nitrogens with zero attached hydrogens (tertiary/aromatic N) is 4. The number of carbonyl (C=O) groups excluding carboxylic acids is 1. The Morgan fingerprint density at radius 3 is 2.71 bits per heavy atom. The fourth-order valence-corrected chi connectivity index (χ4v) is 2.97. The Labute approximate surface area is 182 Å². The number of methoxy groups -OCH3 is 1. The maximum Gasteiger partial charge on any atom is 0.345 e. The lowest BCUT2D eigenvalue weighted by molar-refractivity contribution is 0.0729. The van der Waals surface area contributed by atoms with Crippen LogP contribution in [-0.2, 0) is 0 Å². The Balaban J connectivity index is 1.58. The largest absolute Gasteiger partial charge is 0.493 e. The molecule has 0 unspecified atom stereocenters. The van der Waals surface area contributed by atoms with Crippen molar-refractivity contribution in [1.82, 2.24) is 19.9 Å². The van der Waals surface area contributed by atoms with E-state index in [-0.39, 0.29) is 0 Å². The van der Waals surface area contributed by atoms with Gasteiger partial charge in [0.25, 0.3) is 0 Å². The van der Waals surface area contributed by atoms with Crippen molar-refractivity contribution >= 4 is 24.4 Å². The van der Waals surface area contributed by atoms with Crippen LogP contribution in [0.4, 0.5) is 0 Å². The van der Waals surface area contributed by atoms with Gasteiger partial charge in [0, 0.05) is 18.0 Å². The lowest BCUT2D eigenvalue weighted by Crippen LogP contribution is -2.09. The number of hydrogen-bond acceptors (Lipinski definition) is 7. The van der Waals surface area contributed by atoms with Gasteiger partial charge in [-0.2, -0.15) is 14.9 Å². The molecule has 4 aromatic rings. The monoisotopic (exact) mass is 431 g/mol. The van der Waals surface area contributed by atoms with E-state index in [0.29, 0.717) is 27.7 Å². The quantitative estimate of drug-likeness (QED) is 0.214. The number of rotatable bonds is 6. The van der Waals surface area contributed by atoms with Crippen LogP contribution >= 0.6 is 12.2 Å². The molecule has 31 heavy (non-hydrogen) atoms. The molecule has 2 aromatic heterocycles. The van der Waals surface area contributed by atoms with Gasteiger partial charge in [0.1, 0.15) is 0 Å². The minimum Gasteiger partial charge on any atom is -0.493 e. The van der Waals surface area contributed by atoms with Crippen LogP contribution in [0, 0.1) is 4.77 Å². The highest BCUT2D eigenvalue weighted by molar-refractivity contribution is 7.71. The van der Waals surface area contributed by atoms with E-state index in [9.17, 15) is 4.79 Å². The molecule has 2 heterocycles. The van der Waals surface area contributed by atoms with Crippen LogP contribution < -0.4 is 9.47 Å². The molecule has 0 atom stereocenters. The second kappa shape index (κ2) is 9.14. The summed E-state index contributed by atoms with van der Waals surface area (Å²) in [6.45, 7) is 0. The van der Waals surface area contributed by atoms with Crippen LogP contribution in [0.15, 0.2) is 78.2 Å². The Kier molecular flexibility index (Phi) is 5.95. The highest BCUT2D eigenvalue weighted by Gasteiger charge is 2.13. The van der Waals surface area contributed by atoms with Gasteiger partial charge in [-0.25, -0.2) is 9.89 Å². The molecule has 154 valence electrons. The maximum absolute atomic E-state index is 12.3. The second-order valence-corrected chi connectivity index (χ2v) is 6.70. The summed E-state index contributed by atoms with van der Waals surface area (Å²) < 4.78 is 12.7. The highest BCUT2D eigenvalue weighted by Crippen LogP contribution is 2.28. The molecule has 2 aromatic carbocycles. The molecular weight excluding hydrogens is 414 g/mol. The second-order valence-electron chi connectivity index (χ2n) is 6.32. The van der Waals surface area contributed by atoms with Gasteiger partial charge in [-0.15, -0.1) is 0 Å². The van der Waals surface area contributed by atoms with Crippen molar-refractivity contribution in [2.45, 2.75) is 0 Å². The van der Waals surface area contributed by atoms with Gasteiger partial charge in [0.15, 0.2) is 17.3 Å². The zero-order valence-corrected chi connectivity index (χ0v) is 17.2. The number of aromatic amines is 1. The van der Waals surface area contributed by atoms with E-state index >= 15 is 0 Å². The molecule has 1 N–H and O–H groups in total. The van der Waals surface area contributed by atoms with Gasteiger partial charge in [0.2, 0.25) is 4.77 Å². The van der Waals surface area contributed by atoms with E-state index < -0.39 is 5.97 Å². The highest BCUT2D eigenvalue weighted by atomic mass is 32.1. The standard InChI is InChI=1S/C22H17N5O3S/c1-29-19-12-15(9-10-18(19)30-21(28)17-8-5-11-23-14-17)13-24-27-20(25-26-22(27)31)16-6-3-2-4-7-16/h2-14H,1H3,(H,26,31)/b24-13+. The van der Waals surface area contributed by atoms with Gasteiger partial charge in [-0.05, 0) is 48.1 Å². The number of hydrogen-bond donors (Lipinski definition) is 1. The molecule has 0 radical (unpaired) electrons. The molecule has 0 spiro atoms. The number of H-pyrrole nitrogens is 1. The average Bonchev–Trinajstić information content (AvgIpc) is 3.19. The van der Waals surface area contributed by atoms with Crippen molar-refractivity contribution in [2.24, 2.45) is 5.10 Å². The molecule has 4 rings (SSSR count). The summed E-state index contributed by atoms with van der Waals surface area (Å²) in [5.41, 5.74) is 1.94. The zero-order chi connectivity index (χ0) is 21.6. The Bertz CT molecular complexity index is 1280. The third-order valence-electron chi connectivity index (χ3n) is 4.29. The van der Waals surface area contributed by atoms with Crippen LogP contribution in [0.5, 0.6) is 11.5 Å². The van der Waals surface area contributed by atoms with Crippen molar-refractivity contribution in [3.8, 4) is 22.9 Å². The van der Waals surface area contributed by atoms with Crippen LogP contribution in [0.1, 0.15) is 15.9 Å². The van der Waals surface area contributed by atoms with Gasteiger partial charge in [0.05, 0.1) is 18.9 Å². The smallest absolute Gasteiger partial charge is 0.345 e. The first-order valence-corrected chi connectivity index (χ1v) is 9.64.